The summed E-state index contributed by atoms with van der Waals surface area (Å²) in [7, 11) is 0. The standard InChI is InChI=1S/C7H5Cl2NO2/c8-4-1-3(11)2-5(9)6(4)7(10)12/h1-2,11H,(H2,10,12). The molecule has 0 spiro atoms. The molecule has 0 saturated heterocycles. The number of hydrogen-bond donors (Lipinski definition) is 2. The second-order valence-electron chi connectivity index (χ2n) is 2.15. The first kappa shape index (κ1) is 9.16. The molecule has 0 atom stereocenters. The van der Waals surface area contributed by atoms with Gasteiger partial charge in [-0.1, -0.05) is 23.2 Å². The topological polar surface area (TPSA) is 63.3 Å². The van der Waals surface area contributed by atoms with Crippen molar-refractivity contribution in [2.45, 2.75) is 0 Å². The van der Waals surface area contributed by atoms with Crippen molar-refractivity contribution in [3.05, 3.63) is 27.7 Å². The Kier molecular flexibility index (Phi) is 2.45. The van der Waals surface area contributed by atoms with E-state index in [1.165, 1.54) is 12.1 Å². The van der Waals surface area contributed by atoms with Crippen LogP contribution in [0.5, 0.6) is 5.75 Å². The maximum atomic E-state index is 10.7. The van der Waals surface area contributed by atoms with E-state index in [2.05, 4.69) is 0 Å². The summed E-state index contributed by atoms with van der Waals surface area (Å²) in [6, 6.07) is 2.40. The van der Waals surface area contributed by atoms with Gasteiger partial charge in [-0.2, -0.15) is 0 Å². The van der Waals surface area contributed by atoms with Gasteiger partial charge in [0.25, 0.3) is 5.91 Å². The van der Waals surface area contributed by atoms with Gasteiger partial charge < -0.3 is 10.8 Å². The number of amides is 1. The Bertz CT molecular complexity index is 315. The van der Waals surface area contributed by atoms with Crippen LogP contribution in [-0.4, -0.2) is 11.0 Å². The minimum absolute atomic E-state index is 0.0242. The molecule has 5 heteroatoms. The van der Waals surface area contributed by atoms with E-state index in [0.717, 1.165) is 0 Å². The Labute approximate surface area is 78.7 Å². The fourth-order valence-electron chi connectivity index (χ4n) is 0.795. The predicted molar refractivity (Wildman–Crippen MR) is 46.6 cm³/mol. The lowest BCUT2D eigenvalue weighted by molar-refractivity contribution is 0.100. The molecule has 64 valence electrons. The lowest BCUT2D eigenvalue weighted by Gasteiger charge is -2.02. The third kappa shape index (κ3) is 1.62. The Morgan fingerprint density at radius 3 is 2.08 bits per heavy atom. The van der Waals surface area contributed by atoms with Crippen LogP contribution >= 0.6 is 23.2 Å². The van der Waals surface area contributed by atoms with Crippen LogP contribution in [0.3, 0.4) is 0 Å². The molecule has 1 aromatic rings. The lowest BCUT2D eigenvalue weighted by atomic mass is 10.2. The average molecular weight is 206 g/mol. The first-order chi connectivity index (χ1) is 5.52. The van der Waals surface area contributed by atoms with Gasteiger partial charge in [-0.3, -0.25) is 4.79 Å². The van der Waals surface area contributed by atoms with E-state index in [4.69, 9.17) is 34.0 Å². The van der Waals surface area contributed by atoms with E-state index < -0.39 is 5.91 Å². The van der Waals surface area contributed by atoms with Crippen LogP contribution in [0.25, 0.3) is 0 Å². The van der Waals surface area contributed by atoms with Gasteiger partial charge in [0.15, 0.2) is 0 Å². The van der Waals surface area contributed by atoms with Crippen molar-refractivity contribution in [3.63, 3.8) is 0 Å². The van der Waals surface area contributed by atoms with E-state index >= 15 is 0 Å². The van der Waals surface area contributed by atoms with Gasteiger partial charge in [0.1, 0.15) is 5.75 Å². The van der Waals surface area contributed by atoms with Crippen molar-refractivity contribution in [2.24, 2.45) is 5.73 Å². The van der Waals surface area contributed by atoms with Gasteiger partial charge in [0, 0.05) is 0 Å². The second kappa shape index (κ2) is 3.21. The normalized spacial score (nSPS) is 9.83. The molecule has 12 heavy (non-hydrogen) atoms. The van der Waals surface area contributed by atoms with Crippen molar-refractivity contribution >= 4 is 29.1 Å². The third-order valence-corrected chi connectivity index (χ3v) is 1.87. The average Bonchev–Trinajstić information content (AvgIpc) is 1.82. The number of aromatic hydroxyl groups is 1. The summed E-state index contributed by atoms with van der Waals surface area (Å²) in [6.07, 6.45) is 0. The maximum Gasteiger partial charge on any atom is 0.251 e. The van der Waals surface area contributed by atoms with Crippen molar-refractivity contribution in [1.29, 1.82) is 0 Å². The number of hydrogen-bond acceptors (Lipinski definition) is 2. The number of phenolic OH excluding ortho intramolecular Hbond substituents is 1. The largest absolute Gasteiger partial charge is 0.508 e. The fraction of sp³-hybridized carbons (Fsp3) is 0. The number of primary amides is 1. The van der Waals surface area contributed by atoms with Gasteiger partial charge in [0.05, 0.1) is 15.6 Å². The van der Waals surface area contributed by atoms with Gasteiger partial charge in [-0.05, 0) is 12.1 Å². The SMILES string of the molecule is NC(=O)c1c(Cl)cc(O)cc1Cl. The van der Waals surface area contributed by atoms with Crippen molar-refractivity contribution in [2.75, 3.05) is 0 Å². The number of carbonyl (C=O) groups is 1. The van der Waals surface area contributed by atoms with Crippen LogP contribution < -0.4 is 5.73 Å². The summed E-state index contributed by atoms with van der Waals surface area (Å²) in [6.45, 7) is 0. The van der Waals surface area contributed by atoms with E-state index in [0.29, 0.717) is 0 Å². The van der Waals surface area contributed by atoms with E-state index in [1.807, 2.05) is 0 Å². The summed E-state index contributed by atoms with van der Waals surface area (Å²) >= 11 is 11.2. The smallest absolute Gasteiger partial charge is 0.251 e. The van der Waals surface area contributed by atoms with E-state index in [1.54, 1.807) is 0 Å². The highest BCUT2D eigenvalue weighted by Gasteiger charge is 2.12. The quantitative estimate of drug-likeness (QED) is 0.735. The molecule has 0 fully saturated rings. The fourth-order valence-corrected chi connectivity index (χ4v) is 1.46. The summed E-state index contributed by atoms with van der Waals surface area (Å²) in [5.74, 6) is -0.819. The number of halogens is 2. The molecule has 0 saturated carbocycles. The predicted octanol–water partition coefficient (Wildman–Crippen LogP) is 1.80. The number of phenols is 1. The zero-order valence-corrected chi connectivity index (χ0v) is 7.36. The maximum absolute atomic E-state index is 10.7. The highest BCUT2D eigenvalue weighted by atomic mass is 35.5. The Morgan fingerprint density at radius 2 is 1.75 bits per heavy atom. The second-order valence-corrected chi connectivity index (χ2v) is 2.96. The minimum Gasteiger partial charge on any atom is -0.508 e. The molecular formula is C7H5Cl2NO2. The van der Waals surface area contributed by atoms with Crippen LogP contribution in [0, 0.1) is 0 Å². The molecule has 0 aliphatic rings. The van der Waals surface area contributed by atoms with Crippen LogP contribution in [0.2, 0.25) is 10.0 Å². The molecule has 1 rings (SSSR count). The molecule has 0 heterocycles. The van der Waals surface area contributed by atoms with Gasteiger partial charge >= 0.3 is 0 Å². The number of benzene rings is 1. The molecule has 3 N–H and O–H groups in total. The van der Waals surface area contributed by atoms with Crippen molar-refractivity contribution in [1.82, 2.24) is 0 Å². The number of rotatable bonds is 1. The number of carbonyl (C=O) groups excluding carboxylic acids is 1. The zero-order valence-electron chi connectivity index (χ0n) is 5.84. The van der Waals surface area contributed by atoms with Crippen LogP contribution in [0.4, 0.5) is 0 Å². The molecule has 0 aliphatic carbocycles. The zero-order chi connectivity index (χ0) is 9.30. The Hall–Kier alpha value is -0.930. The molecule has 0 bridgehead atoms. The Morgan fingerprint density at radius 1 is 1.33 bits per heavy atom. The summed E-state index contributed by atoms with van der Waals surface area (Å²) in [4.78, 5) is 10.7. The molecule has 0 unspecified atom stereocenters. The monoisotopic (exact) mass is 205 g/mol. The highest BCUT2D eigenvalue weighted by molar-refractivity contribution is 6.39. The Balaban J connectivity index is 3.38. The van der Waals surface area contributed by atoms with Gasteiger partial charge in [0.2, 0.25) is 0 Å². The molecule has 0 aliphatic heterocycles. The van der Waals surface area contributed by atoms with Gasteiger partial charge in [-0.15, -0.1) is 0 Å². The lowest BCUT2D eigenvalue weighted by Crippen LogP contribution is -2.12. The number of nitrogens with two attached hydrogens (primary N) is 1. The third-order valence-electron chi connectivity index (χ3n) is 1.27. The van der Waals surface area contributed by atoms with Crippen molar-refractivity contribution in [3.8, 4) is 5.75 Å². The first-order valence-corrected chi connectivity index (χ1v) is 3.76. The molecular weight excluding hydrogens is 201 g/mol. The van der Waals surface area contributed by atoms with E-state index in [-0.39, 0.29) is 21.4 Å². The summed E-state index contributed by atoms with van der Waals surface area (Å²) < 4.78 is 0. The van der Waals surface area contributed by atoms with Crippen LogP contribution in [-0.2, 0) is 0 Å². The molecule has 3 nitrogen and oxygen atoms in total. The van der Waals surface area contributed by atoms with Crippen molar-refractivity contribution < 1.29 is 9.90 Å². The molecule has 0 aromatic heterocycles. The highest BCUT2D eigenvalue weighted by Crippen LogP contribution is 2.28. The van der Waals surface area contributed by atoms with Crippen LogP contribution in [0.15, 0.2) is 12.1 Å². The minimum atomic E-state index is -0.718. The molecule has 1 amide bonds. The van der Waals surface area contributed by atoms with Gasteiger partial charge in [-0.25, -0.2) is 0 Å². The summed E-state index contributed by atoms with van der Waals surface area (Å²) in [5, 5.41) is 9.08. The first-order valence-electron chi connectivity index (χ1n) is 3.00. The summed E-state index contributed by atoms with van der Waals surface area (Å²) in [5.41, 5.74) is 5.00. The van der Waals surface area contributed by atoms with E-state index in [9.17, 15) is 4.79 Å². The molecule has 0 radical (unpaired) electrons. The molecule has 1 aromatic carbocycles. The van der Waals surface area contributed by atoms with Crippen LogP contribution in [0.1, 0.15) is 10.4 Å².